The number of hydrogen-bond donors (Lipinski definition) is 1. The summed E-state index contributed by atoms with van der Waals surface area (Å²) < 4.78 is 7.73. The van der Waals surface area contributed by atoms with E-state index in [2.05, 4.69) is 33.6 Å². The smallest absolute Gasteiger partial charge is 0.260 e. The molecule has 1 unspecified atom stereocenters. The molecule has 31 heavy (non-hydrogen) atoms. The second kappa shape index (κ2) is 9.33. The van der Waals surface area contributed by atoms with Crippen molar-refractivity contribution in [1.82, 2.24) is 20.1 Å². The maximum absolute atomic E-state index is 12.6. The number of amides is 1. The molecule has 162 valence electrons. The first kappa shape index (κ1) is 21.1. The van der Waals surface area contributed by atoms with E-state index in [0.717, 1.165) is 47.1 Å². The Hall–Kier alpha value is -3.15. The molecule has 1 amide bonds. The number of aryl methyl sites for hydroxylation is 2. The molecule has 0 saturated heterocycles. The van der Waals surface area contributed by atoms with Gasteiger partial charge in [0.15, 0.2) is 11.8 Å². The molecule has 0 fully saturated rings. The van der Waals surface area contributed by atoms with Gasteiger partial charge in [0.05, 0.1) is 11.1 Å². The predicted octanol–water partition coefficient (Wildman–Crippen LogP) is 4.72. The Morgan fingerprint density at radius 1 is 1.26 bits per heavy atom. The largest absolute Gasteiger partial charge is 0.464 e. The first-order valence-corrected chi connectivity index (χ1v) is 11.0. The molecule has 0 radical (unpaired) electrons. The van der Waals surface area contributed by atoms with Gasteiger partial charge in [0.25, 0.3) is 5.91 Å². The molecule has 1 aliphatic rings. The van der Waals surface area contributed by atoms with Gasteiger partial charge in [0.2, 0.25) is 5.88 Å². The summed E-state index contributed by atoms with van der Waals surface area (Å²) in [4.78, 5) is 17.2. The molecule has 6 heteroatoms. The molecule has 0 saturated carbocycles. The number of carbonyl (C=O) groups is 1. The Labute approximate surface area is 183 Å². The minimum absolute atomic E-state index is 0.124. The van der Waals surface area contributed by atoms with E-state index in [0.29, 0.717) is 12.4 Å². The van der Waals surface area contributed by atoms with Crippen LogP contribution < -0.4 is 10.1 Å². The number of ether oxygens (including phenoxy) is 1. The number of nitrogens with one attached hydrogen (secondary N) is 1. The van der Waals surface area contributed by atoms with E-state index in [-0.39, 0.29) is 5.91 Å². The number of rotatable bonds is 7. The summed E-state index contributed by atoms with van der Waals surface area (Å²) in [5, 5.41) is 8.53. The van der Waals surface area contributed by atoms with Crippen LogP contribution in [0.25, 0.3) is 22.2 Å². The van der Waals surface area contributed by atoms with E-state index < -0.39 is 6.10 Å². The maximum Gasteiger partial charge on any atom is 0.260 e. The van der Waals surface area contributed by atoms with Gasteiger partial charge in [-0.25, -0.2) is 0 Å². The fourth-order valence-corrected chi connectivity index (χ4v) is 4.18. The maximum atomic E-state index is 12.6. The lowest BCUT2D eigenvalue weighted by Gasteiger charge is -2.17. The third-order valence-electron chi connectivity index (χ3n) is 5.83. The summed E-state index contributed by atoms with van der Waals surface area (Å²) in [6.45, 7) is 4.38. The van der Waals surface area contributed by atoms with Crippen molar-refractivity contribution in [2.45, 2.75) is 52.1 Å². The van der Waals surface area contributed by atoms with Crippen molar-refractivity contribution in [1.29, 1.82) is 0 Å². The second-order valence-corrected chi connectivity index (χ2v) is 8.19. The van der Waals surface area contributed by atoms with Gasteiger partial charge in [-0.1, -0.05) is 42.0 Å². The van der Waals surface area contributed by atoms with E-state index in [1.165, 1.54) is 18.4 Å². The van der Waals surface area contributed by atoms with Crippen LogP contribution in [0.4, 0.5) is 0 Å². The predicted molar refractivity (Wildman–Crippen MR) is 123 cm³/mol. The molecule has 2 aromatic heterocycles. The Bertz CT molecular complexity index is 1100. The fourth-order valence-electron chi connectivity index (χ4n) is 4.18. The molecule has 3 aromatic rings. The topological polar surface area (TPSA) is 69.0 Å². The molecule has 1 atom stereocenters. The molecule has 0 bridgehead atoms. The van der Waals surface area contributed by atoms with E-state index in [1.54, 1.807) is 11.6 Å². The van der Waals surface area contributed by atoms with Crippen LogP contribution in [0.3, 0.4) is 0 Å². The van der Waals surface area contributed by atoms with Crippen molar-refractivity contribution in [3.63, 3.8) is 0 Å². The molecule has 4 rings (SSSR count). The van der Waals surface area contributed by atoms with E-state index in [9.17, 15) is 4.79 Å². The quantitative estimate of drug-likeness (QED) is 0.564. The van der Waals surface area contributed by atoms with Gasteiger partial charge in [-0.05, 0) is 57.1 Å². The molecule has 1 aromatic carbocycles. The highest BCUT2D eigenvalue weighted by molar-refractivity contribution is 5.95. The van der Waals surface area contributed by atoms with Gasteiger partial charge in [0, 0.05) is 19.7 Å². The van der Waals surface area contributed by atoms with E-state index in [4.69, 9.17) is 4.74 Å². The summed E-state index contributed by atoms with van der Waals surface area (Å²) in [5.74, 6) is 0.299. The highest BCUT2D eigenvalue weighted by Crippen LogP contribution is 2.33. The minimum Gasteiger partial charge on any atom is -0.464 e. The Kier molecular flexibility index (Phi) is 6.35. The van der Waals surface area contributed by atoms with Gasteiger partial charge in [-0.15, -0.1) is 0 Å². The number of aromatic nitrogens is 3. The molecule has 1 N–H and O–H groups in total. The number of fused-ring (bicyclic) bond motifs is 1. The number of pyridine rings is 1. The number of hydrogen-bond acceptors (Lipinski definition) is 4. The van der Waals surface area contributed by atoms with Crippen LogP contribution in [0.1, 0.15) is 44.7 Å². The molecular weight excluding hydrogens is 388 g/mol. The standard InChI is InChI=1S/C25H30N4O2/c1-17-23-21(20-12-8-5-9-13-20)16-22(27-24(23)29(3)28-17)31-18(2)25(30)26-15-14-19-10-6-4-7-11-19/h5,8-10,12-13,16,18H,4,6-7,11,14-15H2,1-3H3,(H,26,30). The van der Waals surface area contributed by atoms with E-state index >= 15 is 0 Å². The lowest BCUT2D eigenvalue weighted by Crippen LogP contribution is -2.37. The highest BCUT2D eigenvalue weighted by atomic mass is 16.5. The lowest BCUT2D eigenvalue weighted by molar-refractivity contribution is -0.127. The van der Waals surface area contributed by atoms with Crippen molar-refractivity contribution < 1.29 is 9.53 Å². The number of carbonyl (C=O) groups excluding carboxylic acids is 1. The van der Waals surface area contributed by atoms with Gasteiger partial charge in [-0.2, -0.15) is 10.1 Å². The number of benzene rings is 1. The fraction of sp³-hybridized carbons (Fsp3) is 0.400. The monoisotopic (exact) mass is 418 g/mol. The first-order valence-electron chi connectivity index (χ1n) is 11.0. The van der Waals surface area contributed by atoms with Crippen molar-refractivity contribution in [2.75, 3.05) is 6.54 Å². The van der Waals surface area contributed by atoms with Crippen LogP contribution >= 0.6 is 0 Å². The van der Waals surface area contributed by atoms with Crippen molar-refractivity contribution in [3.05, 3.63) is 53.7 Å². The molecule has 6 nitrogen and oxygen atoms in total. The molecule has 1 aliphatic carbocycles. The molecule has 0 spiro atoms. The van der Waals surface area contributed by atoms with Gasteiger partial charge >= 0.3 is 0 Å². The summed E-state index contributed by atoms with van der Waals surface area (Å²) in [6.07, 6.45) is 7.43. The van der Waals surface area contributed by atoms with Crippen LogP contribution in [-0.2, 0) is 11.8 Å². The van der Waals surface area contributed by atoms with Crippen LogP contribution in [0.5, 0.6) is 5.88 Å². The second-order valence-electron chi connectivity index (χ2n) is 8.19. The molecule has 2 heterocycles. The molecular formula is C25H30N4O2. The normalized spacial score (nSPS) is 14.9. The number of allylic oxidation sites excluding steroid dienone is 1. The summed E-state index contributed by atoms with van der Waals surface area (Å²) in [6, 6.07) is 12.0. The average Bonchev–Trinajstić information content (AvgIpc) is 3.08. The summed E-state index contributed by atoms with van der Waals surface area (Å²) in [7, 11) is 1.87. The number of nitrogens with zero attached hydrogens (tertiary/aromatic N) is 3. The van der Waals surface area contributed by atoms with Gasteiger partial charge < -0.3 is 10.1 Å². The van der Waals surface area contributed by atoms with Crippen molar-refractivity contribution >= 4 is 16.9 Å². The Balaban J connectivity index is 1.50. The average molecular weight is 419 g/mol. The zero-order valence-corrected chi connectivity index (χ0v) is 18.5. The summed E-state index contributed by atoms with van der Waals surface area (Å²) >= 11 is 0. The molecule has 0 aliphatic heterocycles. The van der Waals surface area contributed by atoms with Crippen molar-refractivity contribution in [2.24, 2.45) is 7.05 Å². The van der Waals surface area contributed by atoms with Crippen LogP contribution in [0.15, 0.2) is 48.0 Å². The summed E-state index contributed by atoms with van der Waals surface area (Å²) in [5.41, 5.74) is 5.17. The Morgan fingerprint density at radius 2 is 2.06 bits per heavy atom. The minimum atomic E-state index is -0.636. The van der Waals surface area contributed by atoms with Crippen molar-refractivity contribution in [3.8, 4) is 17.0 Å². The third kappa shape index (κ3) is 4.79. The van der Waals surface area contributed by atoms with Crippen LogP contribution in [0.2, 0.25) is 0 Å². The first-order chi connectivity index (χ1) is 15.0. The van der Waals surface area contributed by atoms with Gasteiger partial charge in [0.1, 0.15) is 0 Å². The van der Waals surface area contributed by atoms with Crippen LogP contribution in [0, 0.1) is 6.92 Å². The zero-order valence-electron chi connectivity index (χ0n) is 18.5. The van der Waals surface area contributed by atoms with Gasteiger partial charge in [-0.3, -0.25) is 9.48 Å². The lowest BCUT2D eigenvalue weighted by atomic mass is 9.97. The third-order valence-corrected chi connectivity index (χ3v) is 5.83. The Morgan fingerprint density at radius 3 is 2.81 bits per heavy atom. The van der Waals surface area contributed by atoms with E-state index in [1.807, 2.05) is 38.2 Å². The zero-order chi connectivity index (χ0) is 21.8. The SMILES string of the molecule is Cc1nn(C)c2nc(OC(C)C(=O)NCCC3=CCCCC3)cc(-c3ccccc3)c12. The van der Waals surface area contributed by atoms with Crippen LogP contribution in [-0.4, -0.2) is 33.3 Å². The highest BCUT2D eigenvalue weighted by Gasteiger charge is 2.19.